The van der Waals surface area contributed by atoms with Gasteiger partial charge in [-0.2, -0.15) is 0 Å². The summed E-state index contributed by atoms with van der Waals surface area (Å²) in [5.74, 6) is -0.409. The zero-order valence-corrected chi connectivity index (χ0v) is 44.3. The van der Waals surface area contributed by atoms with Gasteiger partial charge in [-0.25, -0.2) is 0 Å². The summed E-state index contributed by atoms with van der Waals surface area (Å²) >= 11 is 0. The maximum atomic E-state index is 13.2. The highest BCUT2D eigenvalue weighted by molar-refractivity contribution is 6.23. The van der Waals surface area contributed by atoms with E-state index in [-0.39, 0.29) is 23.1 Å². The van der Waals surface area contributed by atoms with Crippen molar-refractivity contribution in [2.75, 3.05) is 13.2 Å². The minimum absolute atomic E-state index is 0.0405. The molecule has 0 radical (unpaired) electrons. The normalized spacial score (nSPS) is 15.8. The van der Waals surface area contributed by atoms with E-state index >= 15 is 0 Å². The number of allylic oxidation sites excluding steroid dienone is 22. The fourth-order valence-electron chi connectivity index (χ4n) is 7.77. The van der Waals surface area contributed by atoms with E-state index in [1.807, 2.05) is 0 Å². The molecule has 0 saturated carbocycles. The second-order valence-corrected chi connectivity index (χ2v) is 19.1. The first-order valence-corrected chi connectivity index (χ1v) is 25.3. The third-order valence-electron chi connectivity index (χ3n) is 12.3. The maximum absolute atomic E-state index is 13.2. The van der Waals surface area contributed by atoms with Crippen molar-refractivity contribution >= 4 is 11.6 Å². The van der Waals surface area contributed by atoms with E-state index in [0.717, 1.165) is 96.3 Å². The topological polar surface area (TPSA) is 52.6 Å². The molecule has 0 aromatic rings. The molecule has 0 fully saturated rings. The van der Waals surface area contributed by atoms with Crippen molar-refractivity contribution in [2.24, 2.45) is 0 Å². The van der Waals surface area contributed by atoms with Gasteiger partial charge in [0.2, 0.25) is 23.1 Å². The quantitative estimate of drug-likeness (QED) is 0.0487. The molecule has 0 aromatic carbocycles. The third kappa shape index (κ3) is 27.8. The molecule has 4 nitrogen and oxygen atoms in total. The minimum atomic E-state index is -0.255. The second-order valence-electron chi connectivity index (χ2n) is 19.1. The first kappa shape index (κ1) is 58.8. The van der Waals surface area contributed by atoms with Crippen LogP contribution in [0.1, 0.15) is 219 Å². The summed E-state index contributed by atoms with van der Waals surface area (Å²) < 4.78 is 11.0. The Hall–Kier alpha value is -4.18. The largest absolute Gasteiger partial charge is 0.486 e. The number of rotatable bonds is 33. The number of carbonyl (C=O) groups excluding carboxylic acids is 2. The van der Waals surface area contributed by atoms with Crippen LogP contribution in [0.5, 0.6) is 0 Å². The van der Waals surface area contributed by atoms with Gasteiger partial charge in [0.25, 0.3) is 0 Å². The molecule has 1 aliphatic carbocycles. The number of carbonyl (C=O) groups is 2. The van der Waals surface area contributed by atoms with E-state index in [1.165, 1.54) is 75.0 Å². The van der Waals surface area contributed by atoms with Crippen LogP contribution in [0, 0.1) is 0 Å². The van der Waals surface area contributed by atoms with Gasteiger partial charge in [-0.1, -0.05) is 116 Å². The van der Waals surface area contributed by atoms with Crippen molar-refractivity contribution in [2.45, 2.75) is 219 Å². The zero-order valence-electron chi connectivity index (χ0n) is 44.3. The Bertz CT molecular complexity index is 1880. The van der Waals surface area contributed by atoms with Gasteiger partial charge in [0.15, 0.2) is 0 Å². The summed E-state index contributed by atoms with van der Waals surface area (Å²) in [7, 11) is 0. The number of Topliss-reactive ketones (excluding diaryl/α,β-unsaturated/α-hetero) is 2. The van der Waals surface area contributed by atoms with Gasteiger partial charge < -0.3 is 9.47 Å². The van der Waals surface area contributed by atoms with E-state index < -0.39 is 0 Å². The number of hydrogen-bond donors (Lipinski definition) is 0. The average Bonchev–Trinajstić information content (AvgIpc) is 3.24. The number of ketones is 2. The lowest BCUT2D eigenvalue weighted by Crippen LogP contribution is -2.26. The number of ether oxygens (including phenoxy) is 2. The molecule has 1 rings (SSSR count). The molecule has 0 spiro atoms. The van der Waals surface area contributed by atoms with Crippen molar-refractivity contribution in [1.82, 2.24) is 0 Å². The summed E-state index contributed by atoms with van der Waals surface area (Å²) in [6, 6.07) is 0. The van der Waals surface area contributed by atoms with Crippen LogP contribution < -0.4 is 0 Å². The van der Waals surface area contributed by atoms with Gasteiger partial charge in [0.1, 0.15) is 0 Å². The summed E-state index contributed by atoms with van der Waals surface area (Å²) in [4.78, 5) is 26.1. The fourth-order valence-corrected chi connectivity index (χ4v) is 7.77. The van der Waals surface area contributed by atoms with Crippen LogP contribution in [0.3, 0.4) is 0 Å². The number of hydrogen-bond acceptors (Lipinski definition) is 4. The molecule has 0 unspecified atom stereocenters. The van der Waals surface area contributed by atoms with Gasteiger partial charge in [0.05, 0.1) is 13.2 Å². The molecule has 0 aliphatic heterocycles. The summed E-state index contributed by atoms with van der Waals surface area (Å²) in [5, 5.41) is 0. The van der Waals surface area contributed by atoms with Gasteiger partial charge in [0, 0.05) is 11.1 Å². The minimum Gasteiger partial charge on any atom is -0.486 e. The van der Waals surface area contributed by atoms with E-state index in [9.17, 15) is 9.59 Å². The van der Waals surface area contributed by atoms with Crippen LogP contribution in [0.2, 0.25) is 0 Å². The summed E-state index contributed by atoms with van der Waals surface area (Å²) in [6.07, 6.45) is 44.3. The third-order valence-corrected chi connectivity index (χ3v) is 12.3. The molecule has 0 saturated heterocycles. The molecule has 0 atom stereocenters. The van der Waals surface area contributed by atoms with Crippen LogP contribution in [0.4, 0.5) is 0 Å². The molecule has 4 heteroatoms. The summed E-state index contributed by atoms with van der Waals surface area (Å²) in [6.45, 7) is 30.6. The highest BCUT2D eigenvalue weighted by Gasteiger charge is 2.34. The van der Waals surface area contributed by atoms with Crippen LogP contribution in [0.15, 0.2) is 139 Å². The molecule has 0 aromatic heterocycles. The smallest absolute Gasteiger partial charge is 0.228 e. The SMILES string of the molecule is CCOC1=C(OCC)C(=O)C(C/C=C(\C)CC/C=C(\C)CC/C=C(\C)CC/C=C(\C)CC/C=C(\C)CC/C=C(\C)CC/C=C(/C)CC/C=C(\C)CC/C=C(\C)CCC=C(C)C)=C(C)C1=O. The predicted octanol–water partition coefficient (Wildman–Crippen LogP) is 18.6. The lowest BCUT2D eigenvalue weighted by atomic mass is 9.90. The van der Waals surface area contributed by atoms with Gasteiger partial charge >= 0.3 is 0 Å². The Labute approximate surface area is 400 Å². The molecular formula is C61H94O4. The molecular weight excluding hydrogens is 797 g/mol. The van der Waals surface area contributed by atoms with Crippen molar-refractivity contribution < 1.29 is 19.1 Å². The Morgan fingerprint density at radius 2 is 0.585 bits per heavy atom. The zero-order chi connectivity index (χ0) is 48.6. The molecule has 0 N–H and O–H groups in total. The Kier molecular flexibility index (Phi) is 31.7. The van der Waals surface area contributed by atoms with Crippen molar-refractivity contribution in [1.29, 1.82) is 0 Å². The monoisotopic (exact) mass is 891 g/mol. The van der Waals surface area contributed by atoms with Crippen LogP contribution in [0.25, 0.3) is 0 Å². The van der Waals surface area contributed by atoms with Crippen molar-refractivity contribution in [3.8, 4) is 0 Å². The highest BCUT2D eigenvalue weighted by Crippen LogP contribution is 2.29. The van der Waals surface area contributed by atoms with Crippen LogP contribution in [-0.4, -0.2) is 24.8 Å². The van der Waals surface area contributed by atoms with Crippen molar-refractivity contribution in [3.63, 3.8) is 0 Å². The van der Waals surface area contributed by atoms with Crippen molar-refractivity contribution in [3.05, 3.63) is 139 Å². The highest BCUT2D eigenvalue weighted by atomic mass is 16.5. The molecule has 0 amide bonds. The average molecular weight is 891 g/mol. The molecule has 362 valence electrons. The molecule has 65 heavy (non-hydrogen) atoms. The Morgan fingerprint density at radius 3 is 0.831 bits per heavy atom. The Balaban J connectivity index is 2.33. The van der Waals surface area contributed by atoms with E-state index in [2.05, 4.69) is 137 Å². The first-order chi connectivity index (χ1) is 31.0. The first-order valence-electron chi connectivity index (χ1n) is 25.3. The van der Waals surface area contributed by atoms with Gasteiger partial charge in [-0.15, -0.1) is 0 Å². The predicted molar refractivity (Wildman–Crippen MR) is 284 cm³/mol. The standard InChI is InChI=1S/C61H94O4/c1-15-64-60-58(62)56(14)57(59(63)61(60)65-16-2)45-44-55(13)43-25-42-54(12)41-24-40-53(11)39-23-38-52(10)37-22-36-51(9)35-21-34-50(8)33-20-32-49(7)31-19-30-48(6)29-18-28-47(5)27-17-26-46(3)4/h26,28,30,32,34,36,38,40,42,44H,15-25,27,29,31,33,35,37,39,41,43,45H2,1-14H3/b47-28+,48-30+,49-32-,50-34+,51-36+,52-38+,53-40+,54-42+,55-44+. The molecule has 0 heterocycles. The summed E-state index contributed by atoms with van der Waals surface area (Å²) in [5.41, 5.74) is 15.5. The van der Waals surface area contributed by atoms with Crippen LogP contribution in [-0.2, 0) is 19.1 Å². The van der Waals surface area contributed by atoms with E-state index in [4.69, 9.17) is 9.47 Å². The molecule has 1 aliphatic rings. The van der Waals surface area contributed by atoms with Gasteiger partial charge in [-0.05, 0) is 219 Å². The lowest BCUT2D eigenvalue weighted by Gasteiger charge is -2.21. The van der Waals surface area contributed by atoms with E-state index in [1.54, 1.807) is 20.8 Å². The molecule has 0 bridgehead atoms. The second kappa shape index (κ2) is 35.1. The fraction of sp³-hybridized carbons (Fsp3) is 0.574. The Morgan fingerprint density at radius 1 is 0.354 bits per heavy atom. The van der Waals surface area contributed by atoms with Crippen LogP contribution >= 0.6 is 0 Å². The van der Waals surface area contributed by atoms with E-state index in [0.29, 0.717) is 30.8 Å². The maximum Gasteiger partial charge on any atom is 0.228 e. The van der Waals surface area contributed by atoms with Gasteiger partial charge in [-0.3, -0.25) is 9.59 Å². The lowest BCUT2D eigenvalue weighted by molar-refractivity contribution is -0.121.